The fourth-order valence-electron chi connectivity index (χ4n) is 3.08. The SMILES string of the molecule is OC1C=C(CC2CCCCC2)CCCC1. The summed E-state index contributed by atoms with van der Waals surface area (Å²) < 4.78 is 0. The van der Waals surface area contributed by atoms with Gasteiger partial charge in [0, 0.05) is 0 Å². The van der Waals surface area contributed by atoms with Crippen LogP contribution in [-0.4, -0.2) is 11.2 Å². The number of aliphatic hydroxyl groups is 1. The van der Waals surface area contributed by atoms with E-state index in [1.54, 1.807) is 5.57 Å². The third-order valence-corrected chi connectivity index (χ3v) is 3.95. The van der Waals surface area contributed by atoms with Crippen LogP contribution >= 0.6 is 0 Å². The molecule has 1 heteroatoms. The summed E-state index contributed by atoms with van der Waals surface area (Å²) in [6.45, 7) is 0. The van der Waals surface area contributed by atoms with Crippen LogP contribution in [0.1, 0.15) is 64.2 Å². The van der Waals surface area contributed by atoms with Gasteiger partial charge in [0.05, 0.1) is 6.10 Å². The van der Waals surface area contributed by atoms with Crippen molar-refractivity contribution in [3.63, 3.8) is 0 Å². The second-order valence-corrected chi connectivity index (χ2v) is 5.35. The van der Waals surface area contributed by atoms with Crippen molar-refractivity contribution >= 4 is 0 Å². The smallest absolute Gasteiger partial charge is 0.0723 e. The Morgan fingerprint density at radius 2 is 1.73 bits per heavy atom. The number of hydrogen-bond acceptors (Lipinski definition) is 1. The van der Waals surface area contributed by atoms with E-state index in [9.17, 15) is 5.11 Å². The first-order valence-corrected chi connectivity index (χ1v) is 6.72. The van der Waals surface area contributed by atoms with Gasteiger partial charge in [-0.15, -0.1) is 0 Å². The van der Waals surface area contributed by atoms with Gasteiger partial charge in [-0.05, 0) is 31.6 Å². The molecule has 0 aromatic heterocycles. The second-order valence-electron chi connectivity index (χ2n) is 5.35. The summed E-state index contributed by atoms with van der Waals surface area (Å²) in [4.78, 5) is 0. The zero-order valence-corrected chi connectivity index (χ0v) is 9.75. The molecule has 1 nitrogen and oxygen atoms in total. The van der Waals surface area contributed by atoms with Gasteiger partial charge in [-0.3, -0.25) is 0 Å². The second kappa shape index (κ2) is 5.69. The van der Waals surface area contributed by atoms with Gasteiger partial charge in [0.15, 0.2) is 0 Å². The standard InChI is InChI=1S/C14H24O/c15-14-9-5-4-8-13(11-14)10-12-6-2-1-3-7-12/h11-12,14-15H,1-10H2. The van der Waals surface area contributed by atoms with Crippen molar-refractivity contribution in [3.8, 4) is 0 Å². The molecule has 1 atom stereocenters. The lowest BCUT2D eigenvalue weighted by Crippen LogP contribution is -2.08. The monoisotopic (exact) mass is 208 g/mol. The quantitative estimate of drug-likeness (QED) is 0.684. The fraction of sp³-hybridized carbons (Fsp3) is 0.857. The van der Waals surface area contributed by atoms with Crippen LogP contribution in [0.5, 0.6) is 0 Å². The van der Waals surface area contributed by atoms with Gasteiger partial charge < -0.3 is 5.11 Å². The summed E-state index contributed by atoms with van der Waals surface area (Å²) in [7, 11) is 0. The average Bonchev–Trinajstić information content (AvgIpc) is 2.44. The summed E-state index contributed by atoms with van der Waals surface area (Å²) in [5.41, 5.74) is 1.55. The lowest BCUT2D eigenvalue weighted by molar-refractivity contribution is 0.210. The molecule has 2 rings (SSSR count). The van der Waals surface area contributed by atoms with Crippen LogP contribution in [0.4, 0.5) is 0 Å². The third-order valence-electron chi connectivity index (χ3n) is 3.95. The Balaban J connectivity index is 1.85. The van der Waals surface area contributed by atoms with Gasteiger partial charge in [0.25, 0.3) is 0 Å². The van der Waals surface area contributed by atoms with Crippen molar-refractivity contribution in [1.29, 1.82) is 0 Å². The lowest BCUT2D eigenvalue weighted by Gasteiger charge is -2.22. The van der Waals surface area contributed by atoms with Crippen molar-refractivity contribution < 1.29 is 5.11 Å². The first kappa shape index (κ1) is 11.2. The molecule has 0 aromatic rings. The van der Waals surface area contributed by atoms with E-state index in [2.05, 4.69) is 6.08 Å². The minimum atomic E-state index is -0.147. The fourth-order valence-corrected chi connectivity index (χ4v) is 3.08. The summed E-state index contributed by atoms with van der Waals surface area (Å²) in [5, 5.41) is 9.71. The maximum absolute atomic E-state index is 9.71. The number of hydrogen-bond donors (Lipinski definition) is 1. The molecule has 0 heterocycles. The predicted octanol–water partition coefficient (Wildman–Crippen LogP) is 3.82. The van der Waals surface area contributed by atoms with Crippen LogP contribution in [0.3, 0.4) is 0 Å². The molecule has 0 bridgehead atoms. The molecule has 2 aliphatic carbocycles. The van der Waals surface area contributed by atoms with Crippen molar-refractivity contribution in [2.75, 3.05) is 0 Å². The Morgan fingerprint density at radius 3 is 2.53 bits per heavy atom. The molecule has 0 aliphatic heterocycles. The first-order valence-electron chi connectivity index (χ1n) is 6.72. The predicted molar refractivity (Wildman–Crippen MR) is 63.7 cm³/mol. The zero-order chi connectivity index (χ0) is 10.5. The normalized spacial score (nSPS) is 29.7. The van der Waals surface area contributed by atoms with E-state index < -0.39 is 0 Å². The Morgan fingerprint density at radius 1 is 1.00 bits per heavy atom. The van der Waals surface area contributed by atoms with E-state index in [1.807, 2.05) is 0 Å². The number of rotatable bonds is 2. The van der Waals surface area contributed by atoms with Crippen LogP contribution in [0, 0.1) is 5.92 Å². The molecule has 86 valence electrons. The van der Waals surface area contributed by atoms with E-state index >= 15 is 0 Å². The number of aliphatic hydroxyl groups excluding tert-OH is 1. The summed E-state index contributed by atoms with van der Waals surface area (Å²) >= 11 is 0. The molecule has 0 amide bonds. The zero-order valence-electron chi connectivity index (χ0n) is 9.75. The molecule has 0 aromatic carbocycles. The van der Waals surface area contributed by atoms with E-state index in [0.29, 0.717) is 0 Å². The highest BCUT2D eigenvalue weighted by molar-refractivity contribution is 5.08. The van der Waals surface area contributed by atoms with Crippen LogP contribution in [-0.2, 0) is 0 Å². The van der Waals surface area contributed by atoms with Gasteiger partial charge in [0.1, 0.15) is 0 Å². The summed E-state index contributed by atoms with van der Waals surface area (Å²) in [5.74, 6) is 0.926. The van der Waals surface area contributed by atoms with Gasteiger partial charge >= 0.3 is 0 Å². The van der Waals surface area contributed by atoms with Gasteiger partial charge in [-0.2, -0.15) is 0 Å². The number of allylic oxidation sites excluding steroid dienone is 1. The first-order chi connectivity index (χ1) is 7.34. The Hall–Kier alpha value is -0.300. The highest BCUT2D eigenvalue weighted by atomic mass is 16.3. The van der Waals surface area contributed by atoms with E-state index in [1.165, 1.54) is 57.8 Å². The highest BCUT2D eigenvalue weighted by Gasteiger charge is 2.17. The van der Waals surface area contributed by atoms with E-state index in [4.69, 9.17) is 0 Å². The Labute approximate surface area is 93.6 Å². The minimum absolute atomic E-state index is 0.147. The van der Waals surface area contributed by atoms with Crippen LogP contribution in [0.25, 0.3) is 0 Å². The molecular formula is C14H24O. The van der Waals surface area contributed by atoms with Crippen LogP contribution < -0.4 is 0 Å². The van der Waals surface area contributed by atoms with E-state index in [-0.39, 0.29) is 6.10 Å². The molecule has 0 spiro atoms. The van der Waals surface area contributed by atoms with Gasteiger partial charge in [0.2, 0.25) is 0 Å². The summed E-state index contributed by atoms with van der Waals surface area (Å²) in [6, 6.07) is 0. The maximum atomic E-state index is 9.71. The molecule has 15 heavy (non-hydrogen) atoms. The minimum Gasteiger partial charge on any atom is -0.389 e. The molecule has 1 unspecified atom stereocenters. The van der Waals surface area contributed by atoms with Crippen LogP contribution in [0.2, 0.25) is 0 Å². The van der Waals surface area contributed by atoms with Crippen LogP contribution in [0.15, 0.2) is 11.6 Å². The highest BCUT2D eigenvalue weighted by Crippen LogP contribution is 2.31. The third kappa shape index (κ3) is 3.64. The summed E-state index contributed by atoms with van der Waals surface area (Å²) in [6.07, 6.45) is 15.1. The van der Waals surface area contributed by atoms with Crippen molar-refractivity contribution in [3.05, 3.63) is 11.6 Å². The van der Waals surface area contributed by atoms with Gasteiger partial charge in [-0.1, -0.05) is 50.2 Å². The topological polar surface area (TPSA) is 20.2 Å². The largest absolute Gasteiger partial charge is 0.389 e. The molecule has 0 saturated heterocycles. The maximum Gasteiger partial charge on any atom is 0.0723 e. The molecule has 0 radical (unpaired) electrons. The van der Waals surface area contributed by atoms with E-state index in [0.717, 1.165) is 12.3 Å². The van der Waals surface area contributed by atoms with Crippen molar-refractivity contribution in [2.24, 2.45) is 5.92 Å². The molecule has 2 aliphatic rings. The Kier molecular flexibility index (Phi) is 4.25. The molecule has 1 fully saturated rings. The average molecular weight is 208 g/mol. The van der Waals surface area contributed by atoms with Crippen molar-refractivity contribution in [1.82, 2.24) is 0 Å². The van der Waals surface area contributed by atoms with Crippen molar-refractivity contribution in [2.45, 2.75) is 70.3 Å². The van der Waals surface area contributed by atoms with Gasteiger partial charge in [-0.25, -0.2) is 0 Å². The molecule has 1 N–H and O–H groups in total. The lowest BCUT2D eigenvalue weighted by atomic mass is 9.84. The molecule has 1 saturated carbocycles. The molecular weight excluding hydrogens is 184 g/mol. The Bertz CT molecular complexity index is 213.